The Balaban J connectivity index is 1.23. The highest BCUT2D eigenvalue weighted by molar-refractivity contribution is 5.80. The second-order valence-electron chi connectivity index (χ2n) is 9.28. The summed E-state index contributed by atoms with van der Waals surface area (Å²) in [4.78, 5) is 15.4. The number of carbonyl (C=O) groups is 1. The zero-order chi connectivity index (χ0) is 17.7. The summed E-state index contributed by atoms with van der Waals surface area (Å²) in [6.45, 7) is 3.82. The van der Waals surface area contributed by atoms with Crippen LogP contribution in [0.4, 0.5) is 5.82 Å². The number of carbonyl (C=O) groups excluding carboxylic acids is 1. The van der Waals surface area contributed by atoms with Gasteiger partial charge >= 0.3 is 0 Å². The Labute approximate surface area is 155 Å². The average molecular weight is 354 g/mol. The number of piperidine rings is 1. The number of aryl methyl sites for hydroxylation is 1. The molecule has 1 atom stereocenters. The molecule has 6 rings (SSSR count). The third kappa shape index (κ3) is 2.99. The van der Waals surface area contributed by atoms with Crippen molar-refractivity contribution in [3.8, 4) is 0 Å². The Kier molecular flexibility index (Phi) is 4.13. The summed E-state index contributed by atoms with van der Waals surface area (Å²) in [6.07, 6.45) is 8.84. The fourth-order valence-corrected chi connectivity index (χ4v) is 6.51. The summed E-state index contributed by atoms with van der Waals surface area (Å²) in [5.41, 5.74) is 0.942. The van der Waals surface area contributed by atoms with Crippen LogP contribution in [0.2, 0.25) is 0 Å². The Morgan fingerprint density at radius 3 is 2.46 bits per heavy atom. The van der Waals surface area contributed by atoms with Crippen LogP contribution in [0.15, 0.2) is 12.1 Å². The van der Waals surface area contributed by atoms with Gasteiger partial charge in [0, 0.05) is 25.0 Å². The molecule has 5 fully saturated rings. The molecule has 1 N–H and O–H groups in total. The van der Waals surface area contributed by atoms with Crippen LogP contribution < -0.4 is 10.2 Å². The lowest BCUT2D eigenvalue weighted by atomic mass is 9.51. The van der Waals surface area contributed by atoms with Gasteiger partial charge in [0.25, 0.3) is 0 Å². The van der Waals surface area contributed by atoms with Crippen LogP contribution in [0, 0.1) is 36.5 Å². The lowest BCUT2D eigenvalue weighted by molar-refractivity contribution is -0.138. The molecule has 0 aromatic carbocycles. The van der Waals surface area contributed by atoms with E-state index in [0.717, 1.165) is 49.3 Å². The summed E-state index contributed by atoms with van der Waals surface area (Å²) in [6, 6.07) is 4.31. The molecule has 1 unspecified atom stereocenters. The zero-order valence-corrected chi connectivity index (χ0v) is 15.7. The van der Waals surface area contributed by atoms with Gasteiger partial charge in [0.05, 0.1) is 5.69 Å². The number of aromatic nitrogens is 2. The van der Waals surface area contributed by atoms with Gasteiger partial charge in [-0.25, -0.2) is 0 Å². The van der Waals surface area contributed by atoms with Crippen LogP contribution in [-0.2, 0) is 4.79 Å². The third-order valence-corrected chi connectivity index (χ3v) is 7.41. The quantitative estimate of drug-likeness (QED) is 0.907. The van der Waals surface area contributed by atoms with Gasteiger partial charge in [0.2, 0.25) is 5.91 Å². The normalized spacial score (nSPS) is 38.4. The van der Waals surface area contributed by atoms with Crippen LogP contribution in [0.3, 0.4) is 0 Å². The maximum atomic E-state index is 13.1. The van der Waals surface area contributed by atoms with E-state index in [9.17, 15) is 4.79 Å². The van der Waals surface area contributed by atoms with Crippen molar-refractivity contribution in [3.05, 3.63) is 17.8 Å². The molecule has 1 aliphatic heterocycles. The smallest absolute Gasteiger partial charge is 0.223 e. The lowest BCUT2D eigenvalue weighted by Gasteiger charge is -2.53. The van der Waals surface area contributed by atoms with Crippen molar-refractivity contribution in [1.82, 2.24) is 15.5 Å². The van der Waals surface area contributed by atoms with E-state index in [4.69, 9.17) is 0 Å². The van der Waals surface area contributed by atoms with Crippen molar-refractivity contribution >= 4 is 11.7 Å². The minimum absolute atomic E-state index is 0.247. The van der Waals surface area contributed by atoms with Gasteiger partial charge < -0.3 is 10.2 Å². The first kappa shape index (κ1) is 16.5. The van der Waals surface area contributed by atoms with Gasteiger partial charge in [-0.15, -0.1) is 5.10 Å². The average Bonchev–Trinajstić information content (AvgIpc) is 2.61. The molecule has 5 aliphatic rings. The summed E-state index contributed by atoms with van der Waals surface area (Å²) in [5, 5.41) is 11.9. The standard InChI is InChI=1S/C21H30N4O/c1-13-4-5-19(24-23-13)25-6-2-3-18(12-25)22-21(26)20-16-8-14-7-15(10-16)11-17(20)9-14/h4-5,14-18,20H,2-3,6-12H2,1H3,(H,22,26). The van der Waals surface area contributed by atoms with Crippen LogP contribution in [-0.4, -0.2) is 35.2 Å². The minimum atomic E-state index is 0.247. The lowest BCUT2D eigenvalue weighted by Crippen LogP contribution is -2.55. The highest BCUT2D eigenvalue weighted by Crippen LogP contribution is 2.56. The molecule has 4 aliphatic carbocycles. The Morgan fingerprint density at radius 1 is 1.08 bits per heavy atom. The van der Waals surface area contributed by atoms with Gasteiger partial charge in [-0.05, 0) is 87.7 Å². The highest BCUT2D eigenvalue weighted by Gasteiger charge is 2.50. The third-order valence-electron chi connectivity index (χ3n) is 7.41. The first-order valence-electron chi connectivity index (χ1n) is 10.5. The zero-order valence-electron chi connectivity index (χ0n) is 15.7. The monoisotopic (exact) mass is 354 g/mol. The first-order valence-corrected chi connectivity index (χ1v) is 10.5. The van der Waals surface area contributed by atoms with Gasteiger partial charge in [0.1, 0.15) is 0 Å². The molecule has 0 radical (unpaired) electrons. The van der Waals surface area contributed by atoms with Crippen molar-refractivity contribution < 1.29 is 4.79 Å². The first-order chi connectivity index (χ1) is 12.7. The number of rotatable bonds is 3. The molecule has 26 heavy (non-hydrogen) atoms. The van der Waals surface area contributed by atoms with Gasteiger partial charge in [-0.3, -0.25) is 4.79 Å². The number of nitrogens with zero attached hydrogens (tertiary/aromatic N) is 3. The Morgan fingerprint density at radius 2 is 1.81 bits per heavy atom. The molecule has 140 valence electrons. The molecule has 5 nitrogen and oxygen atoms in total. The summed E-state index contributed by atoms with van der Waals surface area (Å²) >= 11 is 0. The SMILES string of the molecule is Cc1ccc(N2CCCC(NC(=O)C3C4CC5CC(C4)CC3C5)C2)nn1. The van der Waals surface area contributed by atoms with E-state index >= 15 is 0 Å². The fraction of sp³-hybridized carbons (Fsp3) is 0.762. The van der Waals surface area contributed by atoms with Crippen molar-refractivity contribution in [3.63, 3.8) is 0 Å². The van der Waals surface area contributed by atoms with E-state index in [1.54, 1.807) is 0 Å². The molecule has 1 saturated heterocycles. The summed E-state index contributed by atoms with van der Waals surface area (Å²) in [5.74, 6) is 4.74. The predicted octanol–water partition coefficient (Wildman–Crippen LogP) is 2.94. The van der Waals surface area contributed by atoms with Crippen LogP contribution in [0.5, 0.6) is 0 Å². The molecule has 1 amide bonds. The van der Waals surface area contributed by atoms with Gasteiger partial charge in [0.15, 0.2) is 5.82 Å². The van der Waals surface area contributed by atoms with Crippen molar-refractivity contribution in [2.45, 2.75) is 57.9 Å². The molecule has 4 bridgehead atoms. The van der Waals surface area contributed by atoms with Crippen LogP contribution in [0.25, 0.3) is 0 Å². The molecular formula is C21H30N4O. The van der Waals surface area contributed by atoms with Crippen LogP contribution in [0.1, 0.15) is 50.6 Å². The van der Waals surface area contributed by atoms with E-state index in [2.05, 4.69) is 20.4 Å². The highest BCUT2D eigenvalue weighted by atomic mass is 16.2. The Hall–Kier alpha value is -1.65. The number of hydrogen-bond acceptors (Lipinski definition) is 4. The van der Waals surface area contributed by atoms with E-state index in [-0.39, 0.29) is 12.0 Å². The molecule has 4 saturated carbocycles. The van der Waals surface area contributed by atoms with E-state index in [1.165, 1.54) is 32.1 Å². The van der Waals surface area contributed by atoms with E-state index in [0.29, 0.717) is 17.7 Å². The second kappa shape index (κ2) is 6.50. The number of hydrogen-bond donors (Lipinski definition) is 1. The van der Waals surface area contributed by atoms with Gasteiger partial charge in [-0.2, -0.15) is 5.10 Å². The molecule has 2 heterocycles. The predicted molar refractivity (Wildman–Crippen MR) is 101 cm³/mol. The minimum Gasteiger partial charge on any atom is -0.353 e. The number of amides is 1. The topological polar surface area (TPSA) is 58.1 Å². The van der Waals surface area contributed by atoms with E-state index < -0.39 is 0 Å². The summed E-state index contributed by atoms with van der Waals surface area (Å²) in [7, 11) is 0. The maximum Gasteiger partial charge on any atom is 0.223 e. The number of anilines is 1. The van der Waals surface area contributed by atoms with E-state index in [1.807, 2.05) is 19.1 Å². The van der Waals surface area contributed by atoms with Crippen molar-refractivity contribution in [1.29, 1.82) is 0 Å². The largest absolute Gasteiger partial charge is 0.353 e. The fourth-order valence-electron chi connectivity index (χ4n) is 6.51. The molecule has 5 heteroatoms. The Bertz CT molecular complexity index is 645. The molecule has 1 aromatic heterocycles. The van der Waals surface area contributed by atoms with Crippen molar-refractivity contribution in [2.75, 3.05) is 18.0 Å². The molecular weight excluding hydrogens is 324 g/mol. The number of nitrogens with one attached hydrogen (secondary N) is 1. The summed E-state index contributed by atoms with van der Waals surface area (Å²) < 4.78 is 0. The van der Waals surface area contributed by atoms with Crippen molar-refractivity contribution in [2.24, 2.45) is 29.6 Å². The van der Waals surface area contributed by atoms with Crippen LogP contribution >= 0.6 is 0 Å². The second-order valence-corrected chi connectivity index (χ2v) is 9.28. The molecule has 0 spiro atoms. The molecule has 1 aromatic rings. The van der Waals surface area contributed by atoms with Gasteiger partial charge in [-0.1, -0.05) is 0 Å². The maximum absolute atomic E-state index is 13.1.